The van der Waals surface area contributed by atoms with Gasteiger partial charge in [0.05, 0.1) is 16.6 Å². The van der Waals surface area contributed by atoms with Gasteiger partial charge in [0.25, 0.3) is 5.91 Å². The monoisotopic (exact) mass is 377 g/mol. The first kappa shape index (κ1) is 17.0. The van der Waals surface area contributed by atoms with Crippen LogP contribution >= 0.6 is 0 Å². The zero-order chi connectivity index (χ0) is 18.3. The van der Waals surface area contributed by atoms with Gasteiger partial charge in [0, 0.05) is 25.2 Å². The highest BCUT2D eigenvalue weighted by molar-refractivity contribution is 7.89. The molecule has 1 aromatic heterocycles. The Kier molecular flexibility index (Phi) is 4.16. The van der Waals surface area contributed by atoms with E-state index in [1.165, 1.54) is 28.6 Å². The van der Waals surface area contributed by atoms with Crippen molar-refractivity contribution in [3.8, 4) is 5.75 Å². The van der Waals surface area contributed by atoms with E-state index in [-0.39, 0.29) is 17.5 Å². The van der Waals surface area contributed by atoms with Crippen molar-refractivity contribution in [2.45, 2.75) is 29.7 Å². The van der Waals surface area contributed by atoms with Crippen molar-refractivity contribution in [2.75, 3.05) is 19.7 Å². The number of ether oxygens (including phenoxy) is 1. The predicted molar refractivity (Wildman–Crippen MR) is 90.9 cm³/mol. The van der Waals surface area contributed by atoms with Crippen LogP contribution in [-0.2, 0) is 14.8 Å². The quantitative estimate of drug-likeness (QED) is 0.739. The molecule has 9 nitrogen and oxygen atoms in total. The first-order chi connectivity index (χ1) is 12.4. The van der Waals surface area contributed by atoms with Crippen molar-refractivity contribution >= 4 is 15.9 Å². The van der Waals surface area contributed by atoms with E-state index in [2.05, 4.69) is 10.3 Å². The van der Waals surface area contributed by atoms with E-state index in [1.807, 2.05) is 6.20 Å². The standard InChI is InChI=1S/C16H19N5O4S/c17-16(22)10-25-13-3-5-14(6-4-13)26(23,24)20-7-12(8-20)21-9-15(18-19-21)11-1-2-11/h3-6,9,11-12H,1-2,7-8,10H2,(H2,17,22). The van der Waals surface area contributed by atoms with E-state index < -0.39 is 15.9 Å². The van der Waals surface area contributed by atoms with Gasteiger partial charge in [-0.15, -0.1) is 5.10 Å². The molecule has 138 valence electrons. The molecule has 0 bridgehead atoms. The van der Waals surface area contributed by atoms with Crippen LogP contribution in [0.3, 0.4) is 0 Å². The lowest BCUT2D eigenvalue weighted by Gasteiger charge is -2.37. The van der Waals surface area contributed by atoms with Gasteiger partial charge in [-0.2, -0.15) is 4.31 Å². The Morgan fingerprint density at radius 2 is 1.92 bits per heavy atom. The van der Waals surface area contributed by atoms with Crippen LogP contribution < -0.4 is 10.5 Å². The summed E-state index contributed by atoms with van der Waals surface area (Å²) in [6, 6.07) is 5.95. The van der Waals surface area contributed by atoms with Gasteiger partial charge in [0.1, 0.15) is 5.75 Å². The minimum Gasteiger partial charge on any atom is -0.484 e. The SMILES string of the molecule is NC(=O)COc1ccc(S(=O)(=O)N2CC(n3cc(C4CC4)nn3)C2)cc1. The summed E-state index contributed by atoms with van der Waals surface area (Å²) in [6.07, 6.45) is 4.24. The first-order valence-electron chi connectivity index (χ1n) is 8.36. The Balaban J connectivity index is 1.38. The maximum Gasteiger partial charge on any atom is 0.255 e. The molecule has 1 aliphatic carbocycles. The highest BCUT2D eigenvalue weighted by Crippen LogP contribution is 2.39. The number of carbonyl (C=O) groups excluding carboxylic acids is 1. The van der Waals surface area contributed by atoms with Gasteiger partial charge in [-0.05, 0) is 37.1 Å². The molecule has 26 heavy (non-hydrogen) atoms. The van der Waals surface area contributed by atoms with E-state index in [4.69, 9.17) is 10.5 Å². The molecule has 0 unspecified atom stereocenters. The second kappa shape index (κ2) is 6.36. The van der Waals surface area contributed by atoms with Crippen molar-refractivity contribution in [3.63, 3.8) is 0 Å². The maximum absolute atomic E-state index is 12.7. The summed E-state index contributed by atoms with van der Waals surface area (Å²) in [5.41, 5.74) is 6.01. The van der Waals surface area contributed by atoms with E-state index in [1.54, 1.807) is 4.68 Å². The van der Waals surface area contributed by atoms with Gasteiger partial charge in [-0.3, -0.25) is 4.79 Å². The third kappa shape index (κ3) is 3.29. The minimum atomic E-state index is -3.56. The largest absolute Gasteiger partial charge is 0.484 e. The van der Waals surface area contributed by atoms with E-state index in [9.17, 15) is 13.2 Å². The van der Waals surface area contributed by atoms with Crippen LogP contribution in [0.4, 0.5) is 0 Å². The third-order valence-electron chi connectivity index (χ3n) is 4.57. The van der Waals surface area contributed by atoms with Crippen LogP contribution in [0, 0.1) is 0 Å². The normalized spacial score (nSPS) is 18.5. The maximum atomic E-state index is 12.7. The summed E-state index contributed by atoms with van der Waals surface area (Å²) in [4.78, 5) is 10.9. The van der Waals surface area contributed by atoms with Crippen molar-refractivity contribution in [1.82, 2.24) is 19.3 Å². The number of benzene rings is 1. The molecule has 4 rings (SSSR count). The molecule has 1 saturated heterocycles. The average molecular weight is 377 g/mol. The van der Waals surface area contributed by atoms with Crippen molar-refractivity contribution in [2.24, 2.45) is 5.73 Å². The topological polar surface area (TPSA) is 120 Å². The van der Waals surface area contributed by atoms with Crippen LogP contribution in [0.5, 0.6) is 5.75 Å². The Hall–Kier alpha value is -2.46. The molecular weight excluding hydrogens is 358 g/mol. The lowest BCUT2D eigenvalue weighted by atomic mass is 10.2. The summed E-state index contributed by atoms with van der Waals surface area (Å²) in [5.74, 6) is 0.324. The molecule has 2 fully saturated rings. The zero-order valence-corrected chi connectivity index (χ0v) is 14.8. The van der Waals surface area contributed by atoms with Gasteiger partial charge in [-0.1, -0.05) is 5.21 Å². The summed E-state index contributed by atoms with van der Waals surface area (Å²) in [7, 11) is -3.56. The summed E-state index contributed by atoms with van der Waals surface area (Å²) in [6.45, 7) is 0.492. The fourth-order valence-corrected chi connectivity index (χ4v) is 4.34. The van der Waals surface area contributed by atoms with Gasteiger partial charge >= 0.3 is 0 Å². The van der Waals surface area contributed by atoms with Gasteiger partial charge in [-0.25, -0.2) is 13.1 Å². The van der Waals surface area contributed by atoms with Crippen LogP contribution in [0.15, 0.2) is 35.4 Å². The second-order valence-electron chi connectivity index (χ2n) is 6.60. The molecule has 2 N–H and O–H groups in total. The predicted octanol–water partition coefficient (Wildman–Crippen LogP) is 0.265. The number of sulfonamides is 1. The van der Waals surface area contributed by atoms with E-state index in [0.717, 1.165) is 18.5 Å². The summed E-state index contributed by atoms with van der Waals surface area (Å²) < 4.78 is 33.6. The fourth-order valence-electron chi connectivity index (χ4n) is 2.83. The Bertz CT molecular complexity index is 914. The Morgan fingerprint density at radius 1 is 1.23 bits per heavy atom. The third-order valence-corrected chi connectivity index (χ3v) is 6.41. The molecule has 2 heterocycles. The van der Waals surface area contributed by atoms with E-state index >= 15 is 0 Å². The Morgan fingerprint density at radius 3 is 2.54 bits per heavy atom. The van der Waals surface area contributed by atoms with Crippen molar-refractivity contribution in [1.29, 1.82) is 0 Å². The van der Waals surface area contributed by atoms with Crippen molar-refractivity contribution < 1.29 is 17.9 Å². The number of hydrogen-bond donors (Lipinski definition) is 1. The molecule has 1 amide bonds. The number of carbonyl (C=O) groups is 1. The average Bonchev–Trinajstić information content (AvgIpc) is 3.31. The molecule has 1 saturated carbocycles. The van der Waals surface area contributed by atoms with Gasteiger partial charge in [0.2, 0.25) is 10.0 Å². The molecular formula is C16H19N5O4S. The molecule has 0 spiro atoms. The number of hydrogen-bond acceptors (Lipinski definition) is 6. The molecule has 0 radical (unpaired) electrons. The molecule has 1 aromatic carbocycles. The highest BCUT2D eigenvalue weighted by atomic mass is 32.2. The molecule has 10 heteroatoms. The molecule has 0 atom stereocenters. The summed E-state index contributed by atoms with van der Waals surface area (Å²) >= 11 is 0. The molecule has 1 aliphatic heterocycles. The lowest BCUT2D eigenvalue weighted by Crippen LogP contribution is -2.50. The number of amides is 1. The lowest BCUT2D eigenvalue weighted by molar-refractivity contribution is -0.119. The molecule has 2 aliphatic rings. The van der Waals surface area contributed by atoms with Crippen LogP contribution in [0.2, 0.25) is 0 Å². The van der Waals surface area contributed by atoms with Crippen LogP contribution in [-0.4, -0.2) is 53.3 Å². The zero-order valence-electron chi connectivity index (χ0n) is 14.0. The molecule has 2 aromatic rings. The highest BCUT2D eigenvalue weighted by Gasteiger charge is 2.39. The second-order valence-corrected chi connectivity index (χ2v) is 8.54. The van der Waals surface area contributed by atoms with E-state index in [0.29, 0.717) is 24.8 Å². The number of rotatable bonds is 7. The Labute approximate surface area is 150 Å². The number of nitrogens with two attached hydrogens (primary N) is 1. The smallest absolute Gasteiger partial charge is 0.255 e. The van der Waals surface area contributed by atoms with Crippen molar-refractivity contribution in [3.05, 3.63) is 36.2 Å². The van der Waals surface area contributed by atoms with Crippen LogP contribution in [0.25, 0.3) is 0 Å². The number of aromatic nitrogens is 3. The summed E-state index contributed by atoms with van der Waals surface area (Å²) in [5, 5.41) is 8.29. The van der Waals surface area contributed by atoms with Crippen LogP contribution in [0.1, 0.15) is 30.5 Å². The minimum absolute atomic E-state index is 0.0166. The fraction of sp³-hybridized carbons (Fsp3) is 0.438. The number of primary amides is 1. The van der Waals surface area contributed by atoms with Gasteiger partial charge in [0.15, 0.2) is 6.61 Å². The first-order valence-corrected chi connectivity index (χ1v) is 9.80. The van der Waals surface area contributed by atoms with Gasteiger partial charge < -0.3 is 10.5 Å². The number of nitrogens with zero attached hydrogens (tertiary/aromatic N) is 4.